The summed E-state index contributed by atoms with van der Waals surface area (Å²) < 4.78 is 0. The highest BCUT2D eigenvalue weighted by molar-refractivity contribution is 5.70. The Morgan fingerprint density at radius 3 is 2.53 bits per heavy atom. The van der Waals surface area contributed by atoms with Crippen molar-refractivity contribution in [2.75, 3.05) is 12.0 Å². The van der Waals surface area contributed by atoms with Gasteiger partial charge in [-0.25, -0.2) is 10.3 Å². The predicted molar refractivity (Wildman–Crippen MR) is 56.6 cm³/mol. The van der Waals surface area contributed by atoms with Crippen molar-refractivity contribution in [2.45, 2.75) is 6.54 Å². The quantitative estimate of drug-likeness (QED) is 0.315. The topological polar surface area (TPSA) is 102 Å². The van der Waals surface area contributed by atoms with Crippen molar-refractivity contribution in [1.82, 2.24) is 5.48 Å². The first-order valence-electron chi connectivity index (χ1n) is 4.42. The maximum atomic E-state index is 10.2. The van der Waals surface area contributed by atoms with E-state index < -0.39 is 6.03 Å². The van der Waals surface area contributed by atoms with Gasteiger partial charge in [0.05, 0.1) is 0 Å². The van der Waals surface area contributed by atoms with E-state index >= 15 is 0 Å². The van der Waals surface area contributed by atoms with Gasteiger partial charge in [0, 0.05) is 12.2 Å². The Kier molecular flexibility index (Phi) is 4.39. The number of nitrogens with one attached hydrogen (secondary N) is 2. The van der Waals surface area contributed by atoms with Gasteiger partial charge >= 0.3 is 6.03 Å². The second kappa shape index (κ2) is 5.84. The van der Waals surface area contributed by atoms with Crippen LogP contribution >= 0.6 is 0 Å². The molecule has 1 aromatic rings. The van der Waals surface area contributed by atoms with Crippen LogP contribution in [0.5, 0.6) is 0 Å². The average molecular weight is 210 g/mol. The van der Waals surface area contributed by atoms with Crippen molar-refractivity contribution in [2.24, 2.45) is 11.5 Å². The maximum absolute atomic E-state index is 10.2. The minimum Gasteiger partial charge on any atom is -0.361 e. The molecular weight excluding hydrogens is 196 g/mol. The molecule has 0 radical (unpaired) electrons. The number of carbonyl (C=O) groups is 1. The van der Waals surface area contributed by atoms with Gasteiger partial charge in [-0.05, 0) is 17.7 Å². The van der Waals surface area contributed by atoms with Crippen molar-refractivity contribution in [3.63, 3.8) is 0 Å². The molecule has 6 heteroatoms. The summed E-state index contributed by atoms with van der Waals surface area (Å²) in [4.78, 5) is 14.9. The Balaban J connectivity index is 2.28. The molecule has 0 aliphatic heterocycles. The molecule has 0 heterocycles. The van der Waals surface area contributed by atoms with E-state index in [1.165, 1.54) is 0 Å². The summed E-state index contributed by atoms with van der Waals surface area (Å²) in [5.74, 6) is 0. The SMILES string of the molecule is NCc1ccc(NCONC(N)=O)cc1. The lowest BCUT2D eigenvalue weighted by Gasteiger charge is -2.07. The van der Waals surface area contributed by atoms with Gasteiger partial charge in [0.2, 0.25) is 0 Å². The van der Waals surface area contributed by atoms with Crippen LogP contribution in [0.2, 0.25) is 0 Å². The van der Waals surface area contributed by atoms with Crippen molar-refractivity contribution in [1.29, 1.82) is 0 Å². The summed E-state index contributed by atoms with van der Waals surface area (Å²) in [6.45, 7) is 0.658. The molecule has 82 valence electrons. The zero-order chi connectivity index (χ0) is 11.1. The van der Waals surface area contributed by atoms with Crippen LogP contribution in [0.15, 0.2) is 24.3 Å². The van der Waals surface area contributed by atoms with Crippen LogP contribution in [0.1, 0.15) is 5.56 Å². The minimum absolute atomic E-state index is 0.144. The summed E-state index contributed by atoms with van der Waals surface area (Å²) in [7, 11) is 0. The zero-order valence-corrected chi connectivity index (χ0v) is 8.19. The fourth-order valence-corrected chi connectivity index (χ4v) is 0.985. The minimum atomic E-state index is -0.727. The molecule has 0 aromatic heterocycles. The van der Waals surface area contributed by atoms with Crippen LogP contribution in [0.3, 0.4) is 0 Å². The van der Waals surface area contributed by atoms with Gasteiger partial charge < -0.3 is 16.8 Å². The Labute approximate surface area is 87.5 Å². The van der Waals surface area contributed by atoms with E-state index in [0.29, 0.717) is 6.54 Å². The highest BCUT2D eigenvalue weighted by atomic mass is 16.7. The van der Waals surface area contributed by atoms with Gasteiger partial charge in [-0.1, -0.05) is 12.1 Å². The van der Waals surface area contributed by atoms with Crippen LogP contribution < -0.4 is 22.3 Å². The third-order valence-corrected chi connectivity index (χ3v) is 1.71. The Bertz CT molecular complexity index is 312. The molecule has 0 aliphatic carbocycles. The standard InChI is InChI=1S/C9H14N4O2/c10-5-7-1-3-8(4-2-7)12-6-15-13-9(11)14/h1-4,12H,5-6,10H2,(H3,11,13,14). The molecule has 0 unspecified atom stereocenters. The molecule has 0 aliphatic rings. The Morgan fingerprint density at radius 1 is 1.33 bits per heavy atom. The smallest absolute Gasteiger partial charge is 0.336 e. The van der Waals surface area contributed by atoms with Gasteiger partial charge in [-0.3, -0.25) is 4.84 Å². The van der Waals surface area contributed by atoms with Gasteiger partial charge in [0.15, 0.2) is 0 Å². The van der Waals surface area contributed by atoms with Crippen molar-refractivity contribution in [3.8, 4) is 0 Å². The van der Waals surface area contributed by atoms with Gasteiger partial charge in [0.25, 0.3) is 0 Å². The summed E-state index contributed by atoms with van der Waals surface area (Å²) in [5, 5.41) is 2.92. The van der Waals surface area contributed by atoms with E-state index in [1.807, 2.05) is 29.7 Å². The molecular formula is C9H14N4O2. The molecule has 15 heavy (non-hydrogen) atoms. The first kappa shape index (κ1) is 11.3. The fraction of sp³-hybridized carbons (Fsp3) is 0.222. The Hall–Kier alpha value is -1.79. The highest BCUT2D eigenvalue weighted by Crippen LogP contribution is 2.08. The number of nitrogens with two attached hydrogens (primary N) is 2. The molecule has 0 saturated heterocycles. The first-order chi connectivity index (χ1) is 7.22. The van der Waals surface area contributed by atoms with Gasteiger partial charge in [-0.2, -0.15) is 0 Å². The molecule has 0 bridgehead atoms. The molecule has 2 amide bonds. The summed E-state index contributed by atoms with van der Waals surface area (Å²) >= 11 is 0. The number of anilines is 1. The third-order valence-electron chi connectivity index (χ3n) is 1.71. The van der Waals surface area contributed by atoms with E-state index in [9.17, 15) is 4.79 Å². The molecule has 6 N–H and O–H groups in total. The lowest BCUT2D eigenvalue weighted by molar-refractivity contribution is 0.0778. The lowest BCUT2D eigenvalue weighted by Crippen LogP contribution is -2.31. The molecule has 0 spiro atoms. The fourth-order valence-electron chi connectivity index (χ4n) is 0.985. The number of amides is 2. The second-order valence-electron chi connectivity index (χ2n) is 2.83. The Morgan fingerprint density at radius 2 is 2.00 bits per heavy atom. The van der Waals surface area contributed by atoms with E-state index in [2.05, 4.69) is 5.32 Å². The summed E-state index contributed by atoms with van der Waals surface area (Å²) in [5.41, 5.74) is 14.2. The lowest BCUT2D eigenvalue weighted by atomic mass is 10.2. The van der Waals surface area contributed by atoms with E-state index in [1.54, 1.807) is 0 Å². The van der Waals surface area contributed by atoms with Gasteiger partial charge in [-0.15, -0.1) is 0 Å². The summed E-state index contributed by atoms with van der Waals surface area (Å²) in [6, 6.07) is 6.83. The zero-order valence-electron chi connectivity index (χ0n) is 8.19. The predicted octanol–water partition coefficient (Wildman–Crippen LogP) is 0.115. The monoisotopic (exact) mass is 210 g/mol. The molecule has 0 saturated carbocycles. The van der Waals surface area contributed by atoms with Crippen LogP contribution in [-0.4, -0.2) is 12.8 Å². The highest BCUT2D eigenvalue weighted by Gasteiger charge is 1.93. The average Bonchev–Trinajstić information content (AvgIpc) is 2.25. The number of hydrogen-bond acceptors (Lipinski definition) is 4. The van der Waals surface area contributed by atoms with Crippen LogP contribution in [0, 0.1) is 0 Å². The molecule has 1 aromatic carbocycles. The number of carbonyl (C=O) groups excluding carboxylic acids is 1. The number of urea groups is 1. The number of primary amides is 1. The van der Waals surface area contributed by atoms with E-state index in [-0.39, 0.29) is 6.73 Å². The second-order valence-corrected chi connectivity index (χ2v) is 2.83. The molecule has 6 nitrogen and oxygen atoms in total. The number of hydrogen-bond donors (Lipinski definition) is 4. The first-order valence-corrected chi connectivity index (χ1v) is 4.42. The molecule has 1 rings (SSSR count). The van der Waals surface area contributed by atoms with Gasteiger partial charge in [0.1, 0.15) is 6.73 Å². The number of rotatable bonds is 5. The van der Waals surface area contributed by atoms with Crippen LogP contribution in [0.4, 0.5) is 10.5 Å². The van der Waals surface area contributed by atoms with Crippen molar-refractivity contribution >= 4 is 11.7 Å². The van der Waals surface area contributed by atoms with Crippen molar-refractivity contribution < 1.29 is 9.63 Å². The maximum Gasteiger partial charge on any atom is 0.336 e. The van der Waals surface area contributed by atoms with E-state index in [4.69, 9.17) is 16.3 Å². The largest absolute Gasteiger partial charge is 0.361 e. The van der Waals surface area contributed by atoms with E-state index in [0.717, 1.165) is 11.3 Å². The molecule has 0 fully saturated rings. The third kappa shape index (κ3) is 4.30. The number of benzene rings is 1. The summed E-state index contributed by atoms with van der Waals surface area (Å²) in [6.07, 6.45) is 0. The number of hydroxylamine groups is 1. The molecule has 0 atom stereocenters. The normalized spacial score (nSPS) is 9.67. The van der Waals surface area contributed by atoms with Crippen LogP contribution in [-0.2, 0) is 11.4 Å². The van der Waals surface area contributed by atoms with Crippen molar-refractivity contribution in [3.05, 3.63) is 29.8 Å². The van der Waals surface area contributed by atoms with Crippen LogP contribution in [0.25, 0.3) is 0 Å².